The molecule has 0 fully saturated rings. The fourth-order valence-electron chi connectivity index (χ4n) is 1.40. The molecule has 0 atom stereocenters. The molecule has 1 N–H and O–H groups in total. The minimum absolute atomic E-state index is 0.0324. The summed E-state index contributed by atoms with van der Waals surface area (Å²) in [6.45, 7) is 3.10. The molecule has 18 heavy (non-hydrogen) atoms. The molecule has 4 nitrogen and oxygen atoms in total. The van der Waals surface area contributed by atoms with E-state index in [-0.39, 0.29) is 11.8 Å². The molecule has 1 amide bonds. The highest BCUT2D eigenvalue weighted by Gasteiger charge is 2.06. The predicted octanol–water partition coefficient (Wildman–Crippen LogP) is 2.34. The lowest BCUT2D eigenvalue weighted by molar-refractivity contribution is -0.118. The zero-order chi connectivity index (χ0) is 13.4. The third-order valence-corrected chi connectivity index (χ3v) is 2.54. The smallest absolute Gasteiger partial charge is 0.235 e. The number of benzene rings is 1. The molecule has 1 aromatic rings. The number of nitrogens with one attached hydrogen (secondary N) is 1. The lowest BCUT2D eigenvalue weighted by Gasteiger charge is -2.12. The van der Waals surface area contributed by atoms with Gasteiger partial charge in [0.05, 0.1) is 13.7 Å². The van der Waals surface area contributed by atoms with Gasteiger partial charge in [-0.3, -0.25) is 4.79 Å². The van der Waals surface area contributed by atoms with Crippen LogP contribution in [0.3, 0.4) is 0 Å². The van der Waals surface area contributed by atoms with Crippen molar-refractivity contribution in [2.75, 3.05) is 19.6 Å². The molecule has 100 valence electrons. The maximum atomic E-state index is 11.1. The molecule has 1 rings (SSSR count). The third-order valence-electron chi connectivity index (χ3n) is 2.30. The monoisotopic (exact) mass is 271 g/mol. The van der Waals surface area contributed by atoms with Gasteiger partial charge in [-0.05, 0) is 24.1 Å². The Morgan fingerprint density at radius 2 is 2.17 bits per heavy atom. The summed E-state index contributed by atoms with van der Waals surface area (Å²) in [6.07, 6.45) is 0.927. The first-order valence-corrected chi connectivity index (χ1v) is 6.37. The highest BCUT2D eigenvalue weighted by atomic mass is 35.5. The zero-order valence-corrected chi connectivity index (χ0v) is 11.4. The minimum atomic E-state index is -0.191. The number of methoxy groups -OCH3 is 1. The van der Waals surface area contributed by atoms with Crippen LogP contribution in [0.1, 0.15) is 18.9 Å². The van der Waals surface area contributed by atoms with Crippen molar-refractivity contribution in [1.82, 2.24) is 5.32 Å². The summed E-state index contributed by atoms with van der Waals surface area (Å²) >= 11 is 5.41. The van der Waals surface area contributed by atoms with Crippen molar-refractivity contribution in [3.8, 4) is 11.5 Å². The highest BCUT2D eigenvalue weighted by molar-refractivity contribution is 6.27. The molecule has 5 heteroatoms. The van der Waals surface area contributed by atoms with Gasteiger partial charge in [0.15, 0.2) is 11.5 Å². The Kier molecular flexibility index (Phi) is 6.36. The normalized spacial score (nSPS) is 9.94. The van der Waals surface area contributed by atoms with E-state index in [1.807, 2.05) is 25.1 Å². The van der Waals surface area contributed by atoms with Gasteiger partial charge in [-0.2, -0.15) is 0 Å². The number of rotatable bonds is 7. The summed E-state index contributed by atoms with van der Waals surface area (Å²) in [5.41, 5.74) is 0.945. The fraction of sp³-hybridized carbons (Fsp3) is 0.462. The molecule has 0 heterocycles. The Balaban J connectivity index is 2.72. The van der Waals surface area contributed by atoms with Gasteiger partial charge in [-0.25, -0.2) is 0 Å². The zero-order valence-electron chi connectivity index (χ0n) is 10.7. The summed E-state index contributed by atoms with van der Waals surface area (Å²) in [6, 6.07) is 5.57. The molecule has 0 radical (unpaired) electrons. The summed E-state index contributed by atoms with van der Waals surface area (Å²) in [5.74, 6) is 1.16. The first-order chi connectivity index (χ1) is 8.71. The van der Waals surface area contributed by atoms with Crippen molar-refractivity contribution in [2.24, 2.45) is 0 Å². The molecular weight excluding hydrogens is 254 g/mol. The molecule has 0 saturated carbocycles. The summed E-state index contributed by atoms with van der Waals surface area (Å²) in [4.78, 5) is 11.1. The van der Waals surface area contributed by atoms with Crippen LogP contribution >= 0.6 is 11.6 Å². The van der Waals surface area contributed by atoms with Gasteiger partial charge in [-0.15, -0.1) is 11.6 Å². The average Bonchev–Trinajstić information content (AvgIpc) is 2.42. The average molecular weight is 272 g/mol. The van der Waals surface area contributed by atoms with Crippen LogP contribution in [0, 0.1) is 0 Å². The van der Waals surface area contributed by atoms with Crippen molar-refractivity contribution in [2.45, 2.75) is 19.9 Å². The molecule has 0 aromatic heterocycles. The molecule has 0 saturated heterocycles. The van der Waals surface area contributed by atoms with E-state index in [2.05, 4.69) is 5.32 Å². The lowest BCUT2D eigenvalue weighted by Crippen LogP contribution is -2.23. The van der Waals surface area contributed by atoms with Crippen LogP contribution in [0.25, 0.3) is 0 Å². The molecule has 1 aromatic carbocycles. The van der Waals surface area contributed by atoms with E-state index in [1.54, 1.807) is 7.11 Å². The van der Waals surface area contributed by atoms with E-state index in [9.17, 15) is 4.79 Å². The van der Waals surface area contributed by atoms with Crippen molar-refractivity contribution in [3.05, 3.63) is 23.8 Å². The summed E-state index contributed by atoms with van der Waals surface area (Å²) in [5, 5.41) is 2.70. The second kappa shape index (κ2) is 7.82. The van der Waals surface area contributed by atoms with Gasteiger partial charge >= 0.3 is 0 Å². The Hall–Kier alpha value is -1.42. The topological polar surface area (TPSA) is 47.6 Å². The molecule has 0 aliphatic carbocycles. The fourth-order valence-corrected chi connectivity index (χ4v) is 1.50. The van der Waals surface area contributed by atoms with Crippen LogP contribution in [0.2, 0.25) is 0 Å². The quantitative estimate of drug-likeness (QED) is 0.775. The number of carbonyl (C=O) groups is 1. The number of alkyl halides is 1. The van der Waals surface area contributed by atoms with E-state index >= 15 is 0 Å². The number of ether oxygens (including phenoxy) is 2. The van der Waals surface area contributed by atoms with Crippen LogP contribution < -0.4 is 14.8 Å². The Morgan fingerprint density at radius 3 is 2.78 bits per heavy atom. The molecule has 0 spiro atoms. The largest absolute Gasteiger partial charge is 0.493 e. The number of amides is 1. The van der Waals surface area contributed by atoms with Crippen LogP contribution in [-0.2, 0) is 11.3 Å². The van der Waals surface area contributed by atoms with E-state index in [4.69, 9.17) is 21.1 Å². The van der Waals surface area contributed by atoms with Crippen LogP contribution in [0.4, 0.5) is 0 Å². The van der Waals surface area contributed by atoms with Crippen molar-refractivity contribution >= 4 is 17.5 Å². The molecule has 0 bridgehead atoms. The third kappa shape index (κ3) is 4.45. The Labute approximate surface area is 112 Å². The SMILES string of the molecule is CCCOc1cc(CNC(=O)CCl)ccc1OC. The van der Waals surface area contributed by atoms with Crippen LogP contribution in [0.15, 0.2) is 18.2 Å². The van der Waals surface area contributed by atoms with Crippen molar-refractivity contribution in [1.29, 1.82) is 0 Å². The maximum Gasteiger partial charge on any atom is 0.235 e. The molecule has 0 aliphatic heterocycles. The Bertz CT molecular complexity index is 396. The second-order valence-electron chi connectivity index (χ2n) is 3.74. The predicted molar refractivity (Wildman–Crippen MR) is 71.3 cm³/mol. The molecule has 0 unspecified atom stereocenters. The van der Waals surface area contributed by atoms with E-state index in [1.165, 1.54) is 0 Å². The standard InChI is InChI=1S/C13H18ClNO3/c1-3-6-18-12-7-10(4-5-11(12)17-2)9-15-13(16)8-14/h4-5,7H,3,6,8-9H2,1-2H3,(H,15,16). The number of hydrogen-bond acceptors (Lipinski definition) is 3. The second-order valence-corrected chi connectivity index (χ2v) is 4.01. The molecular formula is C13H18ClNO3. The Morgan fingerprint density at radius 1 is 1.39 bits per heavy atom. The lowest BCUT2D eigenvalue weighted by atomic mass is 10.2. The van der Waals surface area contributed by atoms with Gasteiger partial charge < -0.3 is 14.8 Å². The van der Waals surface area contributed by atoms with Gasteiger partial charge in [0.25, 0.3) is 0 Å². The van der Waals surface area contributed by atoms with E-state index in [0.29, 0.717) is 24.7 Å². The minimum Gasteiger partial charge on any atom is -0.493 e. The van der Waals surface area contributed by atoms with Gasteiger partial charge in [0, 0.05) is 6.54 Å². The van der Waals surface area contributed by atoms with Crippen LogP contribution in [-0.4, -0.2) is 25.5 Å². The number of halogens is 1. The van der Waals surface area contributed by atoms with E-state index in [0.717, 1.165) is 12.0 Å². The van der Waals surface area contributed by atoms with Crippen LogP contribution in [0.5, 0.6) is 11.5 Å². The number of hydrogen-bond donors (Lipinski definition) is 1. The van der Waals surface area contributed by atoms with Gasteiger partial charge in [0.1, 0.15) is 5.88 Å². The van der Waals surface area contributed by atoms with Gasteiger partial charge in [0.2, 0.25) is 5.91 Å². The van der Waals surface area contributed by atoms with Gasteiger partial charge in [-0.1, -0.05) is 13.0 Å². The first kappa shape index (κ1) is 14.6. The summed E-state index contributed by atoms with van der Waals surface area (Å²) < 4.78 is 10.8. The molecule has 0 aliphatic rings. The maximum absolute atomic E-state index is 11.1. The number of carbonyl (C=O) groups excluding carboxylic acids is 1. The highest BCUT2D eigenvalue weighted by Crippen LogP contribution is 2.28. The van der Waals surface area contributed by atoms with Crippen molar-refractivity contribution < 1.29 is 14.3 Å². The van der Waals surface area contributed by atoms with Crippen molar-refractivity contribution in [3.63, 3.8) is 0 Å². The summed E-state index contributed by atoms with van der Waals surface area (Å²) in [7, 11) is 1.60. The van der Waals surface area contributed by atoms with E-state index < -0.39 is 0 Å². The first-order valence-electron chi connectivity index (χ1n) is 5.83.